The normalized spacial score (nSPS) is 30.8. The van der Waals surface area contributed by atoms with Gasteiger partial charge in [-0.1, -0.05) is 54.6 Å². The van der Waals surface area contributed by atoms with Crippen molar-refractivity contribution < 1.29 is 9.90 Å². The Bertz CT molecular complexity index is 927. The number of carbonyl (C=O) groups is 1. The molecule has 1 spiro atoms. The SMILES string of the molecule is C=CCN1C(=O)C[C@@]23c4ccccc4N(Cc4ccccc4)[C@@H]2CCC[C@@]13O. The fourth-order valence-electron chi connectivity index (χ4n) is 5.99. The molecule has 1 N–H and O–H groups in total. The Morgan fingerprint density at radius 3 is 2.68 bits per heavy atom. The Morgan fingerprint density at radius 1 is 1.14 bits per heavy atom. The second-order valence-corrected chi connectivity index (χ2v) is 8.30. The summed E-state index contributed by atoms with van der Waals surface area (Å²) in [7, 11) is 0. The second-order valence-electron chi connectivity index (χ2n) is 8.30. The molecule has 1 saturated heterocycles. The van der Waals surface area contributed by atoms with Crippen LogP contribution < -0.4 is 4.90 Å². The number of nitrogens with zero attached hydrogens (tertiary/aromatic N) is 2. The number of rotatable bonds is 4. The lowest BCUT2D eigenvalue weighted by molar-refractivity contribution is -0.161. The predicted molar refractivity (Wildman–Crippen MR) is 110 cm³/mol. The highest BCUT2D eigenvalue weighted by atomic mass is 16.3. The maximum atomic E-state index is 13.0. The van der Waals surface area contributed by atoms with Crippen molar-refractivity contribution in [3.8, 4) is 0 Å². The van der Waals surface area contributed by atoms with Crippen LogP contribution in [0.15, 0.2) is 67.3 Å². The Kier molecular flexibility index (Phi) is 3.88. The second kappa shape index (κ2) is 6.21. The standard InChI is InChI=1S/C24H26N2O2/c1-2-15-26-22(27)16-23-19-11-6-7-12-20(19)25(17-18-9-4-3-5-10-18)21(23)13-8-14-24(23,26)28/h2-7,9-12,21,28H,1,8,13-17H2/t21-,23-,24+/m1/s1. The molecule has 28 heavy (non-hydrogen) atoms. The molecule has 2 aromatic rings. The van der Waals surface area contributed by atoms with E-state index in [9.17, 15) is 9.90 Å². The van der Waals surface area contributed by atoms with Gasteiger partial charge in [0.25, 0.3) is 0 Å². The Balaban J connectivity index is 1.66. The number of hydrogen-bond acceptors (Lipinski definition) is 3. The first kappa shape index (κ1) is 17.5. The molecule has 0 radical (unpaired) electrons. The molecule has 1 amide bonds. The van der Waals surface area contributed by atoms with E-state index in [2.05, 4.69) is 53.9 Å². The third-order valence-electron chi connectivity index (χ3n) is 7.04. The van der Waals surface area contributed by atoms with Gasteiger partial charge in [0.1, 0.15) is 0 Å². The molecular formula is C24H26N2O2. The zero-order valence-electron chi connectivity index (χ0n) is 16.1. The summed E-state index contributed by atoms with van der Waals surface area (Å²) in [6.45, 7) is 4.99. The third kappa shape index (κ3) is 2.12. The summed E-state index contributed by atoms with van der Waals surface area (Å²) in [5, 5.41) is 12.0. The minimum absolute atomic E-state index is 0.0330. The van der Waals surface area contributed by atoms with E-state index in [0.29, 0.717) is 19.4 Å². The first-order valence-electron chi connectivity index (χ1n) is 10.2. The first-order chi connectivity index (χ1) is 13.6. The van der Waals surface area contributed by atoms with Crippen molar-refractivity contribution in [1.29, 1.82) is 0 Å². The summed E-state index contributed by atoms with van der Waals surface area (Å²) >= 11 is 0. The topological polar surface area (TPSA) is 43.8 Å². The van der Waals surface area contributed by atoms with Crippen molar-refractivity contribution in [3.63, 3.8) is 0 Å². The van der Waals surface area contributed by atoms with E-state index in [1.807, 2.05) is 12.1 Å². The van der Waals surface area contributed by atoms with Crippen LogP contribution in [0.25, 0.3) is 0 Å². The Morgan fingerprint density at radius 2 is 1.89 bits per heavy atom. The molecule has 1 aliphatic carbocycles. The van der Waals surface area contributed by atoms with Crippen LogP contribution in [0.3, 0.4) is 0 Å². The molecule has 144 valence electrons. The fourth-order valence-corrected chi connectivity index (χ4v) is 5.99. The van der Waals surface area contributed by atoms with Gasteiger partial charge in [-0.15, -0.1) is 6.58 Å². The van der Waals surface area contributed by atoms with Crippen LogP contribution in [0, 0.1) is 0 Å². The molecule has 5 rings (SSSR count). The van der Waals surface area contributed by atoms with E-state index in [-0.39, 0.29) is 11.9 Å². The van der Waals surface area contributed by atoms with Gasteiger partial charge in [-0.05, 0) is 36.5 Å². The molecule has 0 unspecified atom stereocenters. The quantitative estimate of drug-likeness (QED) is 0.832. The molecule has 2 fully saturated rings. The molecule has 4 heteroatoms. The number of fused-ring (bicyclic) bond motifs is 1. The number of aliphatic hydroxyl groups is 1. The number of carbonyl (C=O) groups excluding carboxylic acids is 1. The molecule has 0 bridgehead atoms. The monoisotopic (exact) mass is 374 g/mol. The molecule has 2 aliphatic heterocycles. The number of hydrogen-bond donors (Lipinski definition) is 1. The van der Waals surface area contributed by atoms with Crippen LogP contribution in [0.4, 0.5) is 5.69 Å². The zero-order chi connectivity index (χ0) is 19.4. The summed E-state index contributed by atoms with van der Waals surface area (Å²) < 4.78 is 0. The van der Waals surface area contributed by atoms with Gasteiger partial charge in [-0.25, -0.2) is 0 Å². The van der Waals surface area contributed by atoms with E-state index >= 15 is 0 Å². The summed E-state index contributed by atoms with van der Waals surface area (Å²) in [5.74, 6) is 0.0330. The number of benzene rings is 2. The number of amides is 1. The highest BCUT2D eigenvalue weighted by Gasteiger charge is 2.71. The number of para-hydroxylation sites is 1. The van der Waals surface area contributed by atoms with Crippen molar-refractivity contribution in [3.05, 3.63) is 78.4 Å². The van der Waals surface area contributed by atoms with Crippen molar-refractivity contribution in [2.75, 3.05) is 11.4 Å². The van der Waals surface area contributed by atoms with E-state index in [1.54, 1.807) is 11.0 Å². The van der Waals surface area contributed by atoms with Crippen LogP contribution in [0.5, 0.6) is 0 Å². The number of anilines is 1. The lowest BCUT2D eigenvalue weighted by atomic mass is 9.62. The number of likely N-dealkylation sites (tertiary alicyclic amines) is 1. The van der Waals surface area contributed by atoms with Gasteiger partial charge in [0.2, 0.25) is 5.91 Å². The fraction of sp³-hybridized carbons (Fsp3) is 0.375. The molecule has 2 heterocycles. The highest BCUT2D eigenvalue weighted by molar-refractivity contribution is 5.86. The summed E-state index contributed by atoms with van der Waals surface area (Å²) in [6, 6.07) is 18.9. The van der Waals surface area contributed by atoms with Crippen molar-refractivity contribution in [2.24, 2.45) is 0 Å². The minimum Gasteiger partial charge on any atom is -0.370 e. The summed E-state index contributed by atoms with van der Waals surface area (Å²) in [5.41, 5.74) is 1.80. The zero-order valence-corrected chi connectivity index (χ0v) is 16.1. The van der Waals surface area contributed by atoms with Gasteiger partial charge < -0.3 is 14.9 Å². The lowest BCUT2D eigenvalue weighted by Gasteiger charge is -2.51. The molecule has 4 nitrogen and oxygen atoms in total. The molecule has 3 aliphatic rings. The molecule has 2 aromatic carbocycles. The lowest BCUT2D eigenvalue weighted by Crippen LogP contribution is -2.64. The van der Waals surface area contributed by atoms with Gasteiger partial charge in [-0.2, -0.15) is 0 Å². The van der Waals surface area contributed by atoms with E-state index in [0.717, 1.165) is 30.6 Å². The maximum Gasteiger partial charge on any atom is 0.226 e. The average molecular weight is 374 g/mol. The van der Waals surface area contributed by atoms with Gasteiger partial charge in [0.05, 0.1) is 5.41 Å². The summed E-state index contributed by atoms with van der Waals surface area (Å²) in [4.78, 5) is 17.2. The van der Waals surface area contributed by atoms with E-state index < -0.39 is 11.1 Å². The van der Waals surface area contributed by atoms with Gasteiger partial charge in [0.15, 0.2) is 5.72 Å². The summed E-state index contributed by atoms with van der Waals surface area (Å²) in [6.07, 6.45) is 4.60. The minimum atomic E-state index is -1.15. The van der Waals surface area contributed by atoms with Crippen molar-refractivity contribution in [1.82, 2.24) is 4.90 Å². The Labute approximate surface area is 166 Å². The van der Waals surface area contributed by atoms with Crippen LogP contribution in [-0.4, -0.2) is 34.2 Å². The largest absolute Gasteiger partial charge is 0.370 e. The van der Waals surface area contributed by atoms with E-state index in [4.69, 9.17) is 0 Å². The van der Waals surface area contributed by atoms with Gasteiger partial charge >= 0.3 is 0 Å². The van der Waals surface area contributed by atoms with Gasteiger partial charge in [0, 0.05) is 31.2 Å². The van der Waals surface area contributed by atoms with Crippen molar-refractivity contribution in [2.45, 2.75) is 49.4 Å². The van der Waals surface area contributed by atoms with Crippen LogP contribution in [-0.2, 0) is 16.8 Å². The molecule has 1 saturated carbocycles. The van der Waals surface area contributed by atoms with Crippen LogP contribution in [0.2, 0.25) is 0 Å². The molecule has 0 aromatic heterocycles. The van der Waals surface area contributed by atoms with Crippen molar-refractivity contribution >= 4 is 11.6 Å². The predicted octanol–water partition coefficient (Wildman–Crippen LogP) is 3.60. The smallest absolute Gasteiger partial charge is 0.226 e. The van der Waals surface area contributed by atoms with E-state index in [1.165, 1.54) is 5.56 Å². The Hall–Kier alpha value is -2.59. The third-order valence-corrected chi connectivity index (χ3v) is 7.04. The van der Waals surface area contributed by atoms with Crippen LogP contribution >= 0.6 is 0 Å². The molecule has 3 atom stereocenters. The average Bonchev–Trinajstić information content (AvgIpc) is 3.11. The van der Waals surface area contributed by atoms with Crippen LogP contribution in [0.1, 0.15) is 36.8 Å². The maximum absolute atomic E-state index is 13.0. The highest BCUT2D eigenvalue weighted by Crippen LogP contribution is 2.62. The molecular weight excluding hydrogens is 348 g/mol. The first-order valence-corrected chi connectivity index (χ1v) is 10.2. The van der Waals surface area contributed by atoms with Gasteiger partial charge in [-0.3, -0.25) is 4.79 Å².